The minimum absolute atomic E-state index is 0. The Labute approximate surface area is 156 Å². The third-order valence-electron chi connectivity index (χ3n) is 5.35. The average Bonchev–Trinajstić information content (AvgIpc) is 2.51. The maximum absolute atomic E-state index is 5.67. The number of ether oxygens (including phenoxy) is 1. The van der Waals surface area contributed by atoms with Crippen molar-refractivity contribution in [2.75, 3.05) is 14.2 Å². The molecular weight excluding hydrogens is 403 g/mol. The topological polar surface area (TPSA) is 58.5 Å². The van der Waals surface area contributed by atoms with Crippen LogP contribution in [0, 0.1) is 12.3 Å². The van der Waals surface area contributed by atoms with Gasteiger partial charge in [0.2, 0.25) is 0 Å². The van der Waals surface area contributed by atoms with E-state index in [4.69, 9.17) is 4.74 Å². The van der Waals surface area contributed by atoms with Crippen LogP contribution < -0.4 is 10.6 Å². The first-order valence-corrected chi connectivity index (χ1v) is 7.77. The molecule has 5 nitrogen and oxygen atoms in total. The summed E-state index contributed by atoms with van der Waals surface area (Å²) in [5.74, 6) is 0.807. The molecule has 0 bridgehead atoms. The number of aryl methyl sites for hydroxylation is 1. The van der Waals surface area contributed by atoms with E-state index in [-0.39, 0.29) is 35.0 Å². The smallest absolute Gasteiger partial charge is 0.191 e. The van der Waals surface area contributed by atoms with Gasteiger partial charge in [-0.1, -0.05) is 19.9 Å². The molecule has 23 heavy (non-hydrogen) atoms. The van der Waals surface area contributed by atoms with Crippen LogP contribution in [0.1, 0.15) is 38.4 Å². The number of hydrogen-bond donors (Lipinski definition) is 2. The number of halogens is 1. The van der Waals surface area contributed by atoms with Crippen molar-refractivity contribution in [3.05, 3.63) is 29.6 Å². The Morgan fingerprint density at radius 1 is 1.43 bits per heavy atom. The highest BCUT2D eigenvalue weighted by Crippen LogP contribution is 2.51. The lowest BCUT2D eigenvalue weighted by Gasteiger charge is -2.59. The Morgan fingerprint density at radius 3 is 2.65 bits per heavy atom. The lowest BCUT2D eigenvalue weighted by Crippen LogP contribution is -2.69. The third kappa shape index (κ3) is 3.96. The summed E-state index contributed by atoms with van der Waals surface area (Å²) in [4.78, 5) is 8.72. The summed E-state index contributed by atoms with van der Waals surface area (Å²) in [7, 11) is 3.58. The molecule has 0 aliphatic heterocycles. The van der Waals surface area contributed by atoms with Crippen molar-refractivity contribution in [2.45, 2.75) is 52.3 Å². The van der Waals surface area contributed by atoms with Crippen molar-refractivity contribution in [1.29, 1.82) is 0 Å². The van der Waals surface area contributed by atoms with Crippen molar-refractivity contribution < 1.29 is 4.74 Å². The van der Waals surface area contributed by atoms with E-state index in [1.54, 1.807) is 14.2 Å². The number of hydrogen-bond acceptors (Lipinski definition) is 3. The summed E-state index contributed by atoms with van der Waals surface area (Å²) in [6.07, 6.45) is 2.79. The quantitative estimate of drug-likeness (QED) is 0.437. The van der Waals surface area contributed by atoms with Crippen LogP contribution in [0.5, 0.6) is 0 Å². The molecular formula is C17H29IN4O. The highest BCUT2D eigenvalue weighted by Gasteiger charge is 2.58. The van der Waals surface area contributed by atoms with Crippen molar-refractivity contribution in [1.82, 2.24) is 15.6 Å². The van der Waals surface area contributed by atoms with Crippen LogP contribution in [0.2, 0.25) is 0 Å². The van der Waals surface area contributed by atoms with E-state index in [9.17, 15) is 0 Å². The van der Waals surface area contributed by atoms with Crippen LogP contribution in [0.4, 0.5) is 0 Å². The van der Waals surface area contributed by atoms with Crippen LogP contribution in [0.25, 0.3) is 0 Å². The number of methoxy groups -OCH3 is 1. The lowest BCUT2D eigenvalue weighted by atomic mass is 9.56. The van der Waals surface area contributed by atoms with E-state index in [0.29, 0.717) is 12.6 Å². The minimum atomic E-state index is -0.0823. The maximum Gasteiger partial charge on any atom is 0.191 e. The second kappa shape index (κ2) is 7.79. The van der Waals surface area contributed by atoms with Gasteiger partial charge in [-0.25, -0.2) is 0 Å². The first kappa shape index (κ1) is 20.2. The fourth-order valence-electron chi connectivity index (χ4n) is 2.95. The van der Waals surface area contributed by atoms with Crippen molar-refractivity contribution in [3.8, 4) is 0 Å². The predicted molar refractivity (Wildman–Crippen MR) is 105 cm³/mol. The van der Waals surface area contributed by atoms with Gasteiger partial charge in [-0.2, -0.15) is 0 Å². The van der Waals surface area contributed by atoms with E-state index in [1.165, 1.54) is 5.56 Å². The molecule has 0 amide bonds. The second-order valence-corrected chi connectivity index (χ2v) is 6.75. The van der Waals surface area contributed by atoms with Crippen LogP contribution >= 0.6 is 24.0 Å². The number of rotatable bonds is 4. The number of pyridine rings is 1. The summed E-state index contributed by atoms with van der Waals surface area (Å²) >= 11 is 0. The fraction of sp³-hybridized carbons (Fsp3) is 0.647. The van der Waals surface area contributed by atoms with Crippen LogP contribution in [0.3, 0.4) is 0 Å². The van der Waals surface area contributed by atoms with Gasteiger partial charge >= 0.3 is 0 Å². The molecule has 0 spiro atoms. The summed E-state index contributed by atoms with van der Waals surface area (Å²) in [6.45, 7) is 9.36. The molecule has 2 rings (SSSR count). The normalized spacial score (nSPS) is 26.0. The summed E-state index contributed by atoms with van der Waals surface area (Å²) in [6, 6.07) is 4.36. The van der Waals surface area contributed by atoms with E-state index < -0.39 is 0 Å². The number of aromatic nitrogens is 1. The molecule has 1 aromatic rings. The molecule has 2 atom stereocenters. The van der Waals surface area contributed by atoms with Crippen molar-refractivity contribution >= 4 is 29.9 Å². The van der Waals surface area contributed by atoms with Crippen LogP contribution in [-0.2, 0) is 11.3 Å². The monoisotopic (exact) mass is 432 g/mol. The Balaban J connectivity index is 0.00000264. The summed E-state index contributed by atoms with van der Waals surface area (Å²) in [5.41, 5.74) is 2.20. The largest absolute Gasteiger partial charge is 0.378 e. The van der Waals surface area contributed by atoms with Gasteiger partial charge in [0.15, 0.2) is 5.96 Å². The predicted octanol–water partition coefficient (Wildman–Crippen LogP) is 2.88. The average molecular weight is 432 g/mol. The molecule has 0 aromatic carbocycles. The van der Waals surface area contributed by atoms with Crippen LogP contribution in [0.15, 0.2) is 23.3 Å². The van der Waals surface area contributed by atoms with Crippen molar-refractivity contribution in [3.63, 3.8) is 0 Å². The molecule has 1 aromatic heterocycles. The number of nitrogens with zero attached hydrogens (tertiary/aromatic N) is 2. The molecule has 1 saturated carbocycles. The maximum atomic E-state index is 5.67. The Morgan fingerprint density at radius 2 is 2.13 bits per heavy atom. The standard InChI is InChI=1S/C17H28N4O.HI/c1-12-8-7-9-19-13(12)11-20-15(18-5)21-14-10-17(4,22-6)16(14,2)3;/h7-9,14H,10-11H2,1-6H3,(H2,18,20,21);1H. The zero-order chi connectivity index (χ0) is 16.4. The van der Waals surface area contributed by atoms with E-state index in [0.717, 1.165) is 18.1 Å². The van der Waals surface area contributed by atoms with E-state index in [2.05, 4.69) is 54.4 Å². The molecule has 2 unspecified atom stereocenters. The van der Waals surface area contributed by atoms with Gasteiger partial charge in [0.1, 0.15) is 0 Å². The Hall–Kier alpha value is -0.890. The van der Waals surface area contributed by atoms with Gasteiger partial charge in [-0.3, -0.25) is 9.98 Å². The molecule has 2 N–H and O–H groups in total. The highest BCUT2D eigenvalue weighted by molar-refractivity contribution is 14.0. The first-order valence-electron chi connectivity index (χ1n) is 7.77. The molecule has 1 fully saturated rings. The first-order chi connectivity index (χ1) is 10.3. The van der Waals surface area contributed by atoms with Crippen molar-refractivity contribution in [2.24, 2.45) is 10.4 Å². The number of guanidine groups is 1. The fourth-order valence-corrected chi connectivity index (χ4v) is 2.95. The molecule has 1 heterocycles. The number of nitrogens with one attached hydrogen (secondary N) is 2. The molecule has 0 saturated heterocycles. The van der Waals surface area contributed by atoms with Crippen LogP contribution in [-0.4, -0.2) is 36.7 Å². The lowest BCUT2D eigenvalue weighted by molar-refractivity contribution is -0.176. The minimum Gasteiger partial charge on any atom is -0.378 e. The molecule has 1 aliphatic rings. The molecule has 0 radical (unpaired) electrons. The number of aliphatic imine (C=N–C) groups is 1. The Kier molecular flexibility index (Phi) is 6.82. The van der Waals surface area contributed by atoms with E-state index >= 15 is 0 Å². The zero-order valence-electron chi connectivity index (χ0n) is 14.9. The summed E-state index contributed by atoms with van der Waals surface area (Å²) < 4.78 is 5.67. The Bertz CT molecular complexity index is 561. The van der Waals surface area contributed by atoms with Gasteiger partial charge in [-0.15, -0.1) is 24.0 Å². The molecule has 6 heteroatoms. The van der Waals surface area contributed by atoms with Gasteiger partial charge in [0.05, 0.1) is 17.8 Å². The SMILES string of the molecule is CN=C(NCc1ncccc1C)NC1CC(C)(OC)C1(C)C.I. The summed E-state index contributed by atoms with van der Waals surface area (Å²) in [5, 5.41) is 6.85. The molecule has 1 aliphatic carbocycles. The van der Waals surface area contributed by atoms with Gasteiger partial charge in [-0.05, 0) is 31.9 Å². The van der Waals surface area contributed by atoms with Gasteiger partial charge in [0, 0.05) is 31.8 Å². The van der Waals surface area contributed by atoms with E-state index in [1.807, 2.05) is 12.3 Å². The zero-order valence-corrected chi connectivity index (χ0v) is 17.3. The van der Waals surface area contributed by atoms with Gasteiger partial charge in [0.25, 0.3) is 0 Å². The second-order valence-electron chi connectivity index (χ2n) is 6.75. The highest BCUT2D eigenvalue weighted by atomic mass is 127. The van der Waals surface area contributed by atoms with Gasteiger partial charge < -0.3 is 15.4 Å². The molecule has 130 valence electrons. The third-order valence-corrected chi connectivity index (χ3v) is 5.35.